The summed E-state index contributed by atoms with van der Waals surface area (Å²) in [5.74, 6) is 0.505. The molecule has 1 rings (SSSR count). The van der Waals surface area contributed by atoms with E-state index in [0.717, 1.165) is 11.3 Å². The first-order valence-electron chi connectivity index (χ1n) is 4.54. The SMILES string of the molecule is COc1ccc([C@@H](CBr)OC(C)=O)cc1. The second kappa shape index (κ2) is 5.75. The highest BCUT2D eigenvalue weighted by Gasteiger charge is 2.12. The van der Waals surface area contributed by atoms with Crippen LogP contribution in [0.1, 0.15) is 18.6 Å². The van der Waals surface area contributed by atoms with Crippen LogP contribution in [-0.2, 0) is 9.53 Å². The van der Waals surface area contributed by atoms with Gasteiger partial charge in [0.2, 0.25) is 0 Å². The molecule has 0 heterocycles. The summed E-state index contributed by atoms with van der Waals surface area (Å²) in [6, 6.07) is 7.45. The van der Waals surface area contributed by atoms with Crippen LogP contribution < -0.4 is 4.74 Å². The van der Waals surface area contributed by atoms with Gasteiger partial charge in [-0.05, 0) is 17.7 Å². The van der Waals surface area contributed by atoms with E-state index in [1.165, 1.54) is 6.92 Å². The Hall–Kier alpha value is -1.03. The Morgan fingerprint density at radius 2 is 2.00 bits per heavy atom. The molecule has 0 aromatic heterocycles. The van der Waals surface area contributed by atoms with Gasteiger partial charge in [-0.3, -0.25) is 4.79 Å². The summed E-state index contributed by atoms with van der Waals surface area (Å²) in [4.78, 5) is 10.8. The van der Waals surface area contributed by atoms with Crippen LogP contribution in [0.5, 0.6) is 5.75 Å². The fourth-order valence-corrected chi connectivity index (χ4v) is 1.71. The second-order valence-electron chi connectivity index (χ2n) is 3.03. The van der Waals surface area contributed by atoms with Crippen molar-refractivity contribution in [3.8, 4) is 5.75 Å². The van der Waals surface area contributed by atoms with Gasteiger partial charge in [0, 0.05) is 12.3 Å². The summed E-state index contributed by atoms with van der Waals surface area (Å²) in [5.41, 5.74) is 0.947. The fourth-order valence-electron chi connectivity index (χ4n) is 1.21. The predicted octanol–water partition coefficient (Wildman–Crippen LogP) is 2.69. The third-order valence-corrected chi connectivity index (χ3v) is 2.52. The van der Waals surface area contributed by atoms with E-state index in [-0.39, 0.29) is 12.1 Å². The highest BCUT2D eigenvalue weighted by atomic mass is 79.9. The Labute approximate surface area is 97.5 Å². The molecule has 3 nitrogen and oxygen atoms in total. The minimum absolute atomic E-state index is 0.242. The van der Waals surface area contributed by atoms with E-state index in [1.807, 2.05) is 24.3 Å². The maximum Gasteiger partial charge on any atom is 0.303 e. The second-order valence-corrected chi connectivity index (χ2v) is 3.67. The number of esters is 1. The van der Waals surface area contributed by atoms with Crippen LogP contribution in [0.4, 0.5) is 0 Å². The van der Waals surface area contributed by atoms with Crippen molar-refractivity contribution in [1.29, 1.82) is 0 Å². The number of benzene rings is 1. The normalized spacial score (nSPS) is 11.9. The fraction of sp³-hybridized carbons (Fsp3) is 0.364. The van der Waals surface area contributed by atoms with Gasteiger partial charge in [0.1, 0.15) is 11.9 Å². The van der Waals surface area contributed by atoms with Crippen molar-refractivity contribution in [2.75, 3.05) is 12.4 Å². The summed E-state index contributed by atoms with van der Waals surface area (Å²) < 4.78 is 10.2. The predicted molar refractivity (Wildman–Crippen MR) is 61.3 cm³/mol. The van der Waals surface area contributed by atoms with Gasteiger partial charge in [0.05, 0.1) is 7.11 Å². The van der Waals surface area contributed by atoms with Crippen molar-refractivity contribution in [2.45, 2.75) is 13.0 Å². The van der Waals surface area contributed by atoms with Crippen molar-refractivity contribution >= 4 is 21.9 Å². The molecule has 82 valence electrons. The first-order chi connectivity index (χ1) is 7.17. The Bertz CT molecular complexity index is 321. The number of carbonyl (C=O) groups is 1. The van der Waals surface area contributed by atoms with E-state index >= 15 is 0 Å². The van der Waals surface area contributed by atoms with Gasteiger partial charge < -0.3 is 9.47 Å². The molecule has 0 aliphatic rings. The molecule has 0 unspecified atom stereocenters. The van der Waals surface area contributed by atoms with E-state index in [0.29, 0.717) is 5.33 Å². The standard InChI is InChI=1S/C11H13BrO3/c1-8(13)15-11(7-12)9-3-5-10(14-2)6-4-9/h3-6,11H,7H2,1-2H3/t11-/m1/s1. The minimum Gasteiger partial charge on any atom is -0.497 e. The Balaban J connectivity index is 2.78. The average molecular weight is 273 g/mol. The van der Waals surface area contributed by atoms with Crippen LogP contribution in [0.2, 0.25) is 0 Å². The molecule has 1 atom stereocenters. The molecule has 0 radical (unpaired) electrons. The molecular weight excluding hydrogens is 260 g/mol. The Morgan fingerprint density at radius 1 is 1.40 bits per heavy atom. The number of rotatable bonds is 4. The highest BCUT2D eigenvalue weighted by Crippen LogP contribution is 2.22. The molecule has 0 spiro atoms. The van der Waals surface area contributed by atoms with Crippen molar-refractivity contribution in [1.82, 2.24) is 0 Å². The lowest BCUT2D eigenvalue weighted by molar-refractivity contribution is -0.145. The maximum atomic E-state index is 10.8. The quantitative estimate of drug-likeness (QED) is 0.625. The van der Waals surface area contributed by atoms with E-state index in [1.54, 1.807) is 7.11 Å². The maximum absolute atomic E-state index is 10.8. The van der Waals surface area contributed by atoms with Gasteiger partial charge in [-0.2, -0.15) is 0 Å². The monoisotopic (exact) mass is 272 g/mol. The van der Waals surface area contributed by atoms with Crippen LogP contribution in [0.15, 0.2) is 24.3 Å². The lowest BCUT2D eigenvalue weighted by Gasteiger charge is -2.14. The molecule has 0 amide bonds. The Kier molecular flexibility index (Phi) is 4.62. The summed E-state index contributed by atoms with van der Waals surface area (Å²) in [6.07, 6.45) is -0.242. The molecular formula is C11H13BrO3. The molecule has 0 N–H and O–H groups in total. The molecule has 0 saturated carbocycles. The molecule has 0 fully saturated rings. The van der Waals surface area contributed by atoms with Crippen LogP contribution in [-0.4, -0.2) is 18.4 Å². The third-order valence-electron chi connectivity index (χ3n) is 1.94. The molecule has 0 saturated heterocycles. The van der Waals surface area contributed by atoms with Crippen molar-refractivity contribution in [2.24, 2.45) is 0 Å². The van der Waals surface area contributed by atoms with Gasteiger partial charge in [-0.1, -0.05) is 28.1 Å². The van der Waals surface area contributed by atoms with E-state index in [4.69, 9.17) is 9.47 Å². The molecule has 4 heteroatoms. The highest BCUT2D eigenvalue weighted by molar-refractivity contribution is 9.09. The molecule has 1 aromatic carbocycles. The summed E-state index contributed by atoms with van der Waals surface area (Å²) in [5, 5.41) is 0.582. The summed E-state index contributed by atoms with van der Waals surface area (Å²) in [6.45, 7) is 1.40. The van der Waals surface area contributed by atoms with Crippen molar-refractivity contribution < 1.29 is 14.3 Å². The van der Waals surface area contributed by atoms with E-state index in [2.05, 4.69) is 15.9 Å². The van der Waals surface area contributed by atoms with Gasteiger partial charge in [-0.25, -0.2) is 0 Å². The molecule has 15 heavy (non-hydrogen) atoms. The number of halogens is 1. The van der Waals surface area contributed by atoms with Gasteiger partial charge >= 0.3 is 5.97 Å². The molecule has 0 bridgehead atoms. The number of carbonyl (C=O) groups excluding carboxylic acids is 1. The van der Waals surface area contributed by atoms with Crippen LogP contribution in [0.3, 0.4) is 0 Å². The Morgan fingerprint density at radius 3 is 2.40 bits per heavy atom. The minimum atomic E-state index is -0.282. The van der Waals surface area contributed by atoms with Crippen molar-refractivity contribution in [3.05, 3.63) is 29.8 Å². The number of hydrogen-bond donors (Lipinski definition) is 0. The summed E-state index contributed by atoms with van der Waals surface area (Å²) >= 11 is 3.31. The average Bonchev–Trinajstić information content (AvgIpc) is 2.26. The number of methoxy groups -OCH3 is 1. The number of alkyl halides is 1. The number of hydrogen-bond acceptors (Lipinski definition) is 3. The van der Waals surface area contributed by atoms with Gasteiger partial charge in [0.15, 0.2) is 0 Å². The van der Waals surface area contributed by atoms with Gasteiger partial charge in [0.25, 0.3) is 0 Å². The third kappa shape index (κ3) is 3.55. The zero-order valence-electron chi connectivity index (χ0n) is 8.70. The van der Waals surface area contributed by atoms with Gasteiger partial charge in [-0.15, -0.1) is 0 Å². The van der Waals surface area contributed by atoms with Crippen molar-refractivity contribution in [3.63, 3.8) is 0 Å². The zero-order valence-corrected chi connectivity index (χ0v) is 10.3. The van der Waals surface area contributed by atoms with E-state index in [9.17, 15) is 4.79 Å². The van der Waals surface area contributed by atoms with Crippen LogP contribution in [0, 0.1) is 0 Å². The lowest BCUT2D eigenvalue weighted by atomic mass is 10.1. The number of ether oxygens (including phenoxy) is 2. The first-order valence-corrected chi connectivity index (χ1v) is 5.66. The molecule has 0 aliphatic heterocycles. The molecule has 0 aliphatic carbocycles. The summed E-state index contributed by atoms with van der Waals surface area (Å²) in [7, 11) is 1.61. The smallest absolute Gasteiger partial charge is 0.303 e. The lowest BCUT2D eigenvalue weighted by Crippen LogP contribution is -2.09. The van der Waals surface area contributed by atoms with Crippen LogP contribution in [0.25, 0.3) is 0 Å². The van der Waals surface area contributed by atoms with Crippen LogP contribution >= 0.6 is 15.9 Å². The largest absolute Gasteiger partial charge is 0.497 e. The first kappa shape index (κ1) is 12.0. The topological polar surface area (TPSA) is 35.5 Å². The zero-order chi connectivity index (χ0) is 11.3. The van der Waals surface area contributed by atoms with E-state index < -0.39 is 0 Å². The molecule has 1 aromatic rings.